The van der Waals surface area contributed by atoms with Gasteiger partial charge in [0.1, 0.15) is 29.3 Å². The number of hydrogen-bond acceptors (Lipinski definition) is 9. The predicted molar refractivity (Wildman–Crippen MR) is 221 cm³/mol. The molecule has 1 amide bonds. The number of fused-ring (bicyclic) bond motifs is 1. The fourth-order valence-electron chi connectivity index (χ4n) is 5.86. The first kappa shape index (κ1) is 42.7. The average molecular weight is 777 g/mol. The monoisotopic (exact) mass is 776 g/mol. The van der Waals surface area contributed by atoms with Crippen molar-refractivity contribution in [3.05, 3.63) is 83.9 Å². The molecule has 1 aromatic heterocycles. The molecular weight excluding hydrogens is 721 g/mol. The molecule has 0 aliphatic carbocycles. The van der Waals surface area contributed by atoms with E-state index in [2.05, 4.69) is 88.2 Å². The number of carbonyl (C=O) groups excluding carboxylic acids is 3. The van der Waals surface area contributed by atoms with Crippen molar-refractivity contribution in [1.29, 1.82) is 0 Å². The number of hydrogen-bond donors (Lipinski definition) is 2. The summed E-state index contributed by atoms with van der Waals surface area (Å²) in [5.41, 5.74) is 2.81. The average Bonchev–Trinajstić information content (AvgIpc) is 3.75. The zero-order valence-electron chi connectivity index (χ0n) is 32.6. The fourth-order valence-corrected chi connectivity index (χ4v) is 7.37. The van der Waals surface area contributed by atoms with Crippen LogP contribution in [0.25, 0.3) is 20.5 Å². The van der Waals surface area contributed by atoms with Gasteiger partial charge >= 0.3 is 11.3 Å². The third-order valence-electron chi connectivity index (χ3n) is 8.28. The first-order valence-electron chi connectivity index (χ1n) is 18.7. The molecule has 0 spiro atoms. The lowest BCUT2D eigenvalue weighted by atomic mass is 9.99. The van der Waals surface area contributed by atoms with Crippen LogP contribution in [0.1, 0.15) is 84.8 Å². The van der Waals surface area contributed by atoms with Crippen LogP contribution >= 0.6 is 24.0 Å². The van der Waals surface area contributed by atoms with E-state index in [0.29, 0.717) is 19.6 Å². The van der Waals surface area contributed by atoms with Crippen molar-refractivity contribution in [2.24, 2.45) is 0 Å². The van der Waals surface area contributed by atoms with Gasteiger partial charge in [0.2, 0.25) is 5.91 Å². The maximum Gasteiger partial charge on any atom is 0.364 e. The van der Waals surface area contributed by atoms with Crippen molar-refractivity contribution in [3.63, 3.8) is 0 Å². The van der Waals surface area contributed by atoms with Gasteiger partial charge in [-0.3, -0.25) is 14.5 Å². The van der Waals surface area contributed by atoms with E-state index < -0.39 is 16.5 Å². The summed E-state index contributed by atoms with van der Waals surface area (Å²) < 4.78 is 23.2. The number of benzene rings is 3. The maximum atomic E-state index is 12.1. The van der Waals surface area contributed by atoms with Crippen LogP contribution in [0.15, 0.2) is 72.8 Å². The summed E-state index contributed by atoms with van der Waals surface area (Å²) in [6.07, 6.45) is 4.31. The van der Waals surface area contributed by atoms with E-state index in [-0.39, 0.29) is 24.7 Å². The van der Waals surface area contributed by atoms with Crippen LogP contribution in [-0.2, 0) is 25.5 Å². The van der Waals surface area contributed by atoms with Crippen molar-refractivity contribution >= 4 is 51.2 Å². The highest BCUT2D eigenvalue weighted by atomic mass is 32.1. The van der Waals surface area contributed by atoms with E-state index in [9.17, 15) is 14.4 Å². The molecule has 1 N–H and O–H groups in total. The van der Waals surface area contributed by atoms with Gasteiger partial charge in [-0.25, -0.2) is 4.79 Å². The van der Waals surface area contributed by atoms with Crippen LogP contribution in [0, 0.1) is 0 Å². The molecule has 0 radical (unpaired) electrons. The number of carbonyl (C=O) groups is 3. The van der Waals surface area contributed by atoms with Crippen LogP contribution in [0.2, 0.25) is 0 Å². The number of thiol groups is 1. The molecule has 0 atom stereocenters. The lowest BCUT2D eigenvalue weighted by molar-refractivity contribution is -0.155. The number of rotatable bonds is 15. The summed E-state index contributed by atoms with van der Waals surface area (Å²) in [6, 6.07) is 25.4. The second kappa shape index (κ2) is 20.6. The topological polar surface area (TPSA) is 103 Å². The Labute approximate surface area is 330 Å². The van der Waals surface area contributed by atoms with E-state index in [4.69, 9.17) is 14.2 Å². The van der Waals surface area contributed by atoms with Crippen molar-refractivity contribution in [3.8, 4) is 21.9 Å². The summed E-state index contributed by atoms with van der Waals surface area (Å²) in [4.78, 5) is 37.7. The number of esters is 1. The van der Waals surface area contributed by atoms with Crippen molar-refractivity contribution in [2.45, 2.75) is 91.3 Å². The smallest absolute Gasteiger partial charge is 0.364 e. The van der Waals surface area contributed by atoms with Crippen molar-refractivity contribution in [2.75, 3.05) is 39.4 Å². The number of nitrogens with zero attached hydrogens (tertiary/aromatic N) is 1. The normalized spacial score (nSPS) is 13.2. The molecule has 2 heterocycles. The van der Waals surface area contributed by atoms with Gasteiger partial charge in [-0.15, -0.1) is 11.3 Å². The highest BCUT2D eigenvalue weighted by Gasteiger charge is 2.18. The Kier molecular flexibility index (Phi) is 16.3. The molecule has 1 fully saturated rings. The quantitative estimate of drug-likeness (QED) is 0.0700. The molecule has 5 rings (SSSR count). The number of thiophene rings is 1. The van der Waals surface area contributed by atoms with E-state index in [0.717, 1.165) is 31.1 Å². The summed E-state index contributed by atoms with van der Waals surface area (Å²) >= 11 is 5.25. The Morgan fingerprint density at radius 1 is 0.778 bits per heavy atom. The minimum Gasteiger partial charge on any atom is -0.494 e. The molecule has 0 saturated carbocycles. The second-order valence-corrected chi connectivity index (χ2v) is 16.7. The molecule has 1 saturated heterocycles. The first-order chi connectivity index (χ1) is 25.6. The van der Waals surface area contributed by atoms with Crippen LogP contribution < -0.4 is 14.8 Å². The molecule has 1 aliphatic heterocycles. The van der Waals surface area contributed by atoms with Crippen molar-refractivity contribution < 1.29 is 33.3 Å². The Hall–Kier alpha value is -4.06. The molecular formula is C43H56N2O7S2. The first-order valence-corrected chi connectivity index (χ1v) is 20.0. The zero-order valence-corrected chi connectivity index (χ0v) is 34.3. The third kappa shape index (κ3) is 15.4. The molecule has 11 heteroatoms. The van der Waals surface area contributed by atoms with Gasteiger partial charge in [0, 0.05) is 29.1 Å². The summed E-state index contributed by atoms with van der Waals surface area (Å²) in [7, 11) is 0. The number of amides is 1. The predicted octanol–water partition coefficient (Wildman–Crippen LogP) is 9.49. The van der Waals surface area contributed by atoms with Gasteiger partial charge in [0.15, 0.2) is 0 Å². The van der Waals surface area contributed by atoms with Crippen LogP contribution in [0.5, 0.6) is 11.5 Å². The molecule has 9 nitrogen and oxygen atoms in total. The minimum atomic E-state index is -0.543. The van der Waals surface area contributed by atoms with E-state index in [1.807, 2.05) is 44.2 Å². The second-order valence-electron chi connectivity index (χ2n) is 15.3. The van der Waals surface area contributed by atoms with Gasteiger partial charge in [-0.05, 0) is 145 Å². The molecule has 292 valence electrons. The van der Waals surface area contributed by atoms with Gasteiger partial charge in [-0.2, -0.15) is 0 Å². The Morgan fingerprint density at radius 2 is 1.39 bits per heavy atom. The van der Waals surface area contributed by atoms with E-state index >= 15 is 0 Å². The Balaban J connectivity index is 0.000000730. The molecule has 4 aromatic rings. The lowest BCUT2D eigenvalue weighted by Crippen LogP contribution is -2.28. The summed E-state index contributed by atoms with van der Waals surface area (Å²) in [5.74, 6) is 1.20. The molecule has 1 aliphatic rings. The zero-order chi connectivity index (χ0) is 39.1. The fraction of sp³-hybridized carbons (Fsp3) is 0.465. The minimum absolute atomic E-state index is 0.0771. The Bertz CT molecular complexity index is 1790. The summed E-state index contributed by atoms with van der Waals surface area (Å²) in [5, 5.41) is 3.61. The molecule has 0 unspecified atom stereocenters. The lowest BCUT2D eigenvalue weighted by Gasteiger charge is -2.19. The van der Waals surface area contributed by atoms with E-state index in [1.54, 1.807) is 20.8 Å². The third-order valence-corrected chi connectivity index (χ3v) is 9.63. The SMILES string of the molecule is CC(C)(C)OC(=O)CCC(=O)NCCCOc1ccc(-c2sc3ccccc3c2Cc2ccc(OCCN3CCCC3)cc2)cc1.CC(C)(C)OC(=O)S. The van der Waals surface area contributed by atoms with Crippen LogP contribution in [0.3, 0.4) is 0 Å². The maximum absolute atomic E-state index is 12.1. The van der Waals surface area contributed by atoms with E-state index in [1.165, 1.54) is 57.6 Å². The highest BCUT2D eigenvalue weighted by molar-refractivity contribution is 7.96. The van der Waals surface area contributed by atoms with Gasteiger partial charge < -0.3 is 24.3 Å². The van der Waals surface area contributed by atoms with Gasteiger partial charge in [0.05, 0.1) is 13.0 Å². The molecule has 0 bridgehead atoms. The van der Waals surface area contributed by atoms with Gasteiger partial charge in [0.25, 0.3) is 0 Å². The molecule has 3 aromatic carbocycles. The van der Waals surface area contributed by atoms with Crippen LogP contribution in [0.4, 0.5) is 4.79 Å². The summed E-state index contributed by atoms with van der Waals surface area (Å²) in [6.45, 7) is 15.9. The largest absolute Gasteiger partial charge is 0.494 e. The van der Waals surface area contributed by atoms with Crippen LogP contribution in [-0.4, -0.2) is 72.7 Å². The molecule has 54 heavy (non-hydrogen) atoms. The number of ether oxygens (including phenoxy) is 4. The van der Waals surface area contributed by atoms with Gasteiger partial charge in [-0.1, -0.05) is 43.0 Å². The Morgan fingerprint density at radius 3 is 2.00 bits per heavy atom. The number of nitrogens with one attached hydrogen (secondary N) is 1. The standard InChI is InChI=1S/C38H46N2O5S.C5H10O2S/c1-38(2,3)45-36(42)20-19-35(41)39-21-8-25-43-31-17-13-29(14-18-31)37-33(32-9-4-5-10-34(32)46-37)27-28-11-15-30(16-12-28)44-26-24-40-22-6-7-23-40;1-5(2,3)7-4(6)8/h4-5,9-18H,6-8,19-27H2,1-3H3,(H,39,41);1-3H3,(H,6,8). The highest BCUT2D eigenvalue weighted by Crippen LogP contribution is 2.40. The number of likely N-dealkylation sites (tertiary alicyclic amines) is 1. The van der Waals surface area contributed by atoms with Crippen molar-refractivity contribution in [1.82, 2.24) is 10.2 Å².